The predicted octanol–water partition coefficient (Wildman–Crippen LogP) is 2.39. The summed E-state index contributed by atoms with van der Waals surface area (Å²) in [5.41, 5.74) is 0.986. The molecule has 0 saturated heterocycles. The maximum atomic E-state index is 11.7. The van der Waals surface area contributed by atoms with E-state index in [0.717, 1.165) is 17.9 Å². The zero-order valence-corrected chi connectivity index (χ0v) is 12.2. The summed E-state index contributed by atoms with van der Waals surface area (Å²) in [6.07, 6.45) is 1.11. The van der Waals surface area contributed by atoms with Gasteiger partial charge < -0.3 is 14.8 Å². The van der Waals surface area contributed by atoms with Crippen molar-refractivity contribution < 1.29 is 14.3 Å². The molecule has 112 valence electrons. The molecule has 2 rings (SSSR count). The number of aromatic nitrogens is 2. The molecule has 0 unspecified atom stereocenters. The molecule has 0 aliphatic rings. The number of carbonyl (C=O) groups excluding carboxylic acids is 1. The summed E-state index contributed by atoms with van der Waals surface area (Å²) in [7, 11) is 1.61. The molecule has 2 N–H and O–H groups in total. The van der Waals surface area contributed by atoms with Crippen LogP contribution in [0, 0.1) is 0 Å². The molecule has 1 aromatic heterocycles. The second-order valence-corrected chi connectivity index (χ2v) is 4.45. The van der Waals surface area contributed by atoms with Crippen LogP contribution in [0.2, 0.25) is 0 Å². The van der Waals surface area contributed by atoms with Gasteiger partial charge in [-0.3, -0.25) is 9.89 Å². The number of methoxy groups -OCH3 is 1. The summed E-state index contributed by atoms with van der Waals surface area (Å²) < 4.78 is 10.6. The van der Waals surface area contributed by atoms with E-state index in [1.54, 1.807) is 19.2 Å². The number of benzene rings is 1. The van der Waals surface area contributed by atoms with E-state index in [9.17, 15) is 4.79 Å². The number of H-pyrrole nitrogens is 1. The first kappa shape index (κ1) is 14.9. The van der Waals surface area contributed by atoms with Gasteiger partial charge in [0, 0.05) is 11.8 Å². The summed E-state index contributed by atoms with van der Waals surface area (Å²) in [6, 6.07) is 9.05. The summed E-state index contributed by atoms with van der Waals surface area (Å²) in [5.74, 6) is 1.89. The number of hydrogen-bond donors (Lipinski definition) is 2. The van der Waals surface area contributed by atoms with Crippen molar-refractivity contribution in [2.24, 2.45) is 0 Å². The van der Waals surface area contributed by atoms with E-state index in [1.807, 2.05) is 25.1 Å². The number of aryl methyl sites for hydroxylation is 1. The normalized spacial score (nSPS) is 10.2. The molecule has 0 atom stereocenters. The van der Waals surface area contributed by atoms with E-state index in [-0.39, 0.29) is 12.3 Å². The third-order valence-corrected chi connectivity index (χ3v) is 2.94. The lowest BCUT2D eigenvalue weighted by Crippen LogP contribution is -2.15. The molecular formula is C15H19N3O3. The number of nitrogens with zero attached hydrogens (tertiary/aromatic N) is 1. The van der Waals surface area contributed by atoms with Crippen LogP contribution in [0.25, 0.3) is 0 Å². The summed E-state index contributed by atoms with van der Waals surface area (Å²) in [4.78, 5) is 11.7. The summed E-state index contributed by atoms with van der Waals surface area (Å²) in [6.45, 7) is 2.32. The number of hydrogen-bond acceptors (Lipinski definition) is 4. The van der Waals surface area contributed by atoms with Gasteiger partial charge in [0.15, 0.2) is 5.82 Å². The Morgan fingerprint density at radius 3 is 2.62 bits per heavy atom. The highest BCUT2D eigenvalue weighted by molar-refractivity contribution is 5.89. The minimum atomic E-state index is -0.127. The number of carbonyl (C=O) groups is 1. The van der Waals surface area contributed by atoms with Crippen molar-refractivity contribution in [3.05, 3.63) is 36.0 Å². The van der Waals surface area contributed by atoms with Crippen molar-refractivity contribution in [3.63, 3.8) is 0 Å². The molecule has 6 heteroatoms. The van der Waals surface area contributed by atoms with Crippen LogP contribution in [0.3, 0.4) is 0 Å². The minimum absolute atomic E-state index is 0.127. The number of ether oxygens (including phenoxy) is 2. The van der Waals surface area contributed by atoms with Gasteiger partial charge in [-0.25, -0.2) is 0 Å². The van der Waals surface area contributed by atoms with Crippen molar-refractivity contribution in [2.75, 3.05) is 19.0 Å². The maximum Gasteiger partial charge on any atom is 0.229 e. The van der Waals surface area contributed by atoms with E-state index in [4.69, 9.17) is 9.47 Å². The van der Waals surface area contributed by atoms with Gasteiger partial charge in [0.2, 0.25) is 5.91 Å². The fraction of sp³-hybridized carbons (Fsp3) is 0.333. The van der Waals surface area contributed by atoms with Crippen LogP contribution in [0.15, 0.2) is 30.3 Å². The van der Waals surface area contributed by atoms with E-state index >= 15 is 0 Å². The Morgan fingerprint density at radius 2 is 2.00 bits per heavy atom. The van der Waals surface area contributed by atoms with E-state index in [2.05, 4.69) is 15.5 Å². The van der Waals surface area contributed by atoms with Crippen LogP contribution in [0.4, 0.5) is 5.82 Å². The second kappa shape index (κ2) is 7.33. The van der Waals surface area contributed by atoms with Gasteiger partial charge in [0.1, 0.15) is 11.5 Å². The van der Waals surface area contributed by atoms with Gasteiger partial charge in [0.25, 0.3) is 0 Å². The zero-order chi connectivity index (χ0) is 15.1. The number of amides is 1. The number of anilines is 1. The first-order valence-electron chi connectivity index (χ1n) is 6.82. The largest absolute Gasteiger partial charge is 0.497 e. The highest BCUT2D eigenvalue weighted by Crippen LogP contribution is 2.17. The third-order valence-electron chi connectivity index (χ3n) is 2.94. The molecule has 6 nitrogen and oxygen atoms in total. The second-order valence-electron chi connectivity index (χ2n) is 4.45. The van der Waals surface area contributed by atoms with Crippen molar-refractivity contribution in [3.8, 4) is 11.5 Å². The fourth-order valence-electron chi connectivity index (χ4n) is 1.75. The maximum absolute atomic E-state index is 11.7. The third kappa shape index (κ3) is 4.52. The molecular weight excluding hydrogens is 270 g/mol. The standard InChI is InChI=1S/C15H19N3O3/c1-3-11-10-14(18-17-11)16-15(19)8-9-21-13-6-4-12(20-2)5-7-13/h4-7,10H,3,8-9H2,1-2H3,(H2,16,17,18,19). The Bertz CT molecular complexity index is 578. The van der Waals surface area contributed by atoms with Crippen molar-refractivity contribution >= 4 is 11.7 Å². The molecule has 0 fully saturated rings. The highest BCUT2D eigenvalue weighted by Gasteiger charge is 2.06. The average Bonchev–Trinajstić information content (AvgIpc) is 2.95. The van der Waals surface area contributed by atoms with Crippen LogP contribution in [0.1, 0.15) is 19.0 Å². The van der Waals surface area contributed by atoms with Gasteiger partial charge in [-0.2, -0.15) is 5.10 Å². The average molecular weight is 289 g/mol. The van der Waals surface area contributed by atoms with Crippen LogP contribution >= 0.6 is 0 Å². The van der Waals surface area contributed by atoms with Crippen LogP contribution in [0.5, 0.6) is 11.5 Å². The zero-order valence-electron chi connectivity index (χ0n) is 12.2. The Labute approximate surface area is 123 Å². The molecule has 0 radical (unpaired) electrons. The number of aromatic amines is 1. The van der Waals surface area contributed by atoms with Gasteiger partial charge in [-0.15, -0.1) is 0 Å². The Kier molecular flexibility index (Phi) is 5.20. The monoisotopic (exact) mass is 289 g/mol. The lowest BCUT2D eigenvalue weighted by molar-refractivity contribution is -0.116. The smallest absolute Gasteiger partial charge is 0.229 e. The molecule has 1 heterocycles. The lowest BCUT2D eigenvalue weighted by atomic mass is 10.3. The van der Waals surface area contributed by atoms with Crippen LogP contribution in [-0.4, -0.2) is 29.8 Å². The van der Waals surface area contributed by atoms with Crippen LogP contribution in [-0.2, 0) is 11.2 Å². The molecule has 21 heavy (non-hydrogen) atoms. The SMILES string of the molecule is CCc1cc(NC(=O)CCOc2ccc(OC)cc2)n[nH]1. The molecule has 0 aliphatic carbocycles. The summed E-state index contributed by atoms with van der Waals surface area (Å²) in [5, 5.41) is 9.57. The first-order valence-corrected chi connectivity index (χ1v) is 6.82. The number of nitrogens with one attached hydrogen (secondary N) is 2. The van der Waals surface area contributed by atoms with Gasteiger partial charge in [-0.1, -0.05) is 6.92 Å². The Morgan fingerprint density at radius 1 is 1.29 bits per heavy atom. The molecule has 1 aromatic carbocycles. The molecule has 0 saturated carbocycles. The predicted molar refractivity (Wildman–Crippen MR) is 79.7 cm³/mol. The van der Waals surface area contributed by atoms with Gasteiger partial charge in [-0.05, 0) is 30.7 Å². The Balaban J connectivity index is 1.73. The van der Waals surface area contributed by atoms with Crippen molar-refractivity contribution in [1.82, 2.24) is 10.2 Å². The lowest BCUT2D eigenvalue weighted by Gasteiger charge is -2.06. The van der Waals surface area contributed by atoms with Crippen molar-refractivity contribution in [1.29, 1.82) is 0 Å². The molecule has 0 aliphatic heterocycles. The number of rotatable bonds is 7. The quantitative estimate of drug-likeness (QED) is 0.820. The van der Waals surface area contributed by atoms with Crippen LogP contribution < -0.4 is 14.8 Å². The fourth-order valence-corrected chi connectivity index (χ4v) is 1.75. The summed E-state index contributed by atoms with van der Waals surface area (Å²) >= 11 is 0. The molecule has 0 bridgehead atoms. The first-order chi connectivity index (χ1) is 10.2. The van der Waals surface area contributed by atoms with Gasteiger partial charge >= 0.3 is 0 Å². The van der Waals surface area contributed by atoms with Gasteiger partial charge in [0.05, 0.1) is 20.1 Å². The molecule has 1 amide bonds. The van der Waals surface area contributed by atoms with E-state index in [0.29, 0.717) is 18.2 Å². The molecule has 0 spiro atoms. The Hall–Kier alpha value is -2.50. The van der Waals surface area contributed by atoms with E-state index < -0.39 is 0 Å². The highest BCUT2D eigenvalue weighted by atomic mass is 16.5. The topological polar surface area (TPSA) is 76.2 Å². The molecule has 2 aromatic rings. The van der Waals surface area contributed by atoms with E-state index in [1.165, 1.54) is 0 Å². The van der Waals surface area contributed by atoms with Crippen molar-refractivity contribution in [2.45, 2.75) is 19.8 Å². The minimum Gasteiger partial charge on any atom is -0.497 e.